The third-order valence-corrected chi connectivity index (χ3v) is 6.82. The molecule has 2 aromatic rings. The molecule has 3 rings (SSSR count). The SMILES string of the molecule is CC[NH+]1CC[NH+]([C@@H](c2cccs2)[C@@H](C)NC(=S)Nc2ccccc2C)CC1. The van der Waals surface area contributed by atoms with Gasteiger partial charge in [-0.05, 0) is 56.1 Å². The van der Waals surface area contributed by atoms with Crippen LogP contribution in [-0.4, -0.2) is 43.9 Å². The van der Waals surface area contributed by atoms with Crippen LogP contribution in [-0.2, 0) is 0 Å². The Morgan fingerprint density at radius 2 is 1.89 bits per heavy atom. The topological polar surface area (TPSA) is 32.9 Å². The maximum Gasteiger partial charge on any atom is 0.171 e. The fourth-order valence-electron chi connectivity index (χ4n) is 4.02. The van der Waals surface area contributed by atoms with Crippen LogP contribution in [0.5, 0.6) is 0 Å². The second kappa shape index (κ2) is 9.64. The normalized spacial score (nSPS) is 22.0. The monoisotopic (exact) mass is 404 g/mol. The summed E-state index contributed by atoms with van der Waals surface area (Å²) in [6.07, 6.45) is 0. The van der Waals surface area contributed by atoms with Crippen LogP contribution in [0.1, 0.15) is 30.3 Å². The molecule has 1 aliphatic heterocycles. The molecule has 0 radical (unpaired) electrons. The van der Waals surface area contributed by atoms with Gasteiger partial charge in [-0.25, -0.2) is 0 Å². The summed E-state index contributed by atoms with van der Waals surface area (Å²) >= 11 is 7.49. The molecule has 146 valence electrons. The smallest absolute Gasteiger partial charge is 0.171 e. The standard InChI is InChI=1S/C21H30N4S2/c1-4-24-11-13-25(14-12-24)20(19-10-7-15-27-19)17(3)22-21(26)23-18-9-6-5-8-16(18)2/h5-10,15,17,20H,4,11-14H2,1-3H3,(H2,22,23,26)/p+2/t17-,20-/m1/s1. The molecule has 1 fully saturated rings. The number of hydrogen-bond acceptors (Lipinski definition) is 2. The van der Waals surface area contributed by atoms with Gasteiger partial charge in [0.2, 0.25) is 0 Å². The first-order chi connectivity index (χ1) is 13.1. The predicted molar refractivity (Wildman–Crippen MR) is 119 cm³/mol. The van der Waals surface area contributed by atoms with E-state index in [1.54, 1.807) is 9.80 Å². The van der Waals surface area contributed by atoms with Gasteiger partial charge in [-0.3, -0.25) is 0 Å². The summed E-state index contributed by atoms with van der Waals surface area (Å²) in [7, 11) is 0. The lowest BCUT2D eigenvalue weighted by atomic mass is 10.0. The minimum absolute atomic E-state index is 0.269. The third kappa shape index (κ3) is 5.29. The lowest BCUT2D eigenvalue weighted by Gasteiger charge is -2.37. The largest absolute Gasteiger partial charge is 0.354 e. The van der Waals surface area contributed by atoms with Crippen LogP contribution in [0, 0.1) is 6.92 Å². The zero-order valence-corrected chi connectivity index (χ0v) is 18.2. The highest BCUT2D eigenvalue weighted by Crippen LogP contribution is 2.20. The molecule has 0 saturated carbocycles. The van der Waals surface area contributed by atoms with Crippen LogP contribution in [0.3, 0.4) is 0 Å². The van der Waals surface area contributed by atoms with Crippen molar-refractivity contribution in [1.82, 2.24) is 5.32 Å². The number of aryl methyl sites for hydroxylation is 1. The number of thiocarbonyl (C=S) groups is 1. The Balaban J connectivity index is 1.67. The van der Waals surface area contributed by atoms with E-state index in [2.05, 4.69) is 61.1 Å². The molecule has 0 unspecified atom stereocenters. The number of benzene rings is 1. The minimum Gasteiger partial charge on any atom is -0.354 e. The van der Waals surface area contributed by atoms with Gasteiger partial charge in [0.25, 0.3) is 0 Å². The molecule has 2 atom stereocenters. The summed E-state index contributed by atoms with van der Waals surface area (Å²) in [4.78, 5) is 4.85. The lowest BCUT2D eigenvalue weighted by molar-refractivity contribution is -1.03. The van der Waals surface area contributed by atoms with Gasteiger partial charge in [-0.1, -0.05) is 24.3 Å². The zero-order chi connectivity index (χ0) is 19.2. The van der Waals surface area contributed by atoms with Crippen LogP contribution in [0.4, 0.5) is 5.69 Å². The highest BCUT2D eigenvalue weighted by atomic mass is 32.1. The molecule has 0 bridgehead atoms. The first kappa shape index (κ1) is 20.3. The Bertz CT molecular complexity index is 724. The van der Waals surface area contributed by atoms with E-state index in [4.69, 9.17) is 12.2 Å². The molecule has 1 saturated heterocycles. The molecule has 0 amide bonds. The van der Waals surface area contributed by atoms with Crippen LogP contribution >= 0.6 is 23.6 Å². The predicted octanol–water partition coefficient (Wildman–Crippen LogP) is 1.28. The first-order valence-electron chi connectivity index (χ1n) is 9.93. The van der Waals surface area contributed by atoms with E-state index in [0.29, 0.717) is 11.2 Å². The average Bonchev–Trinajstić information content (AvgIpc) is 3.18. The fraction of sp³-hybridized carbons (Fsp3) is 0.476. The maximum absolute atomic E-state index is 5.63. The molecule has 1 aromatic heterocycles. The third-order valence-electron chi connectivity index (χ3n) is 5.64. The molecule has 0 aliphatic carbocycles. The van der Waals surface area contributed by atoms with Crippen LogP contribution in [0.15, 0.2) is 41.8 Å². The van der Waals surface area contributed by atoms with Gasteiger partial charge in [-0.2, -0.15) is 0 Å². The molecule has 1 aliphatic rings. The molecule has 4 N–H and O–H groups in total. The molecule has 4 nitrogen and oxygen atoms in total. The fourth-order valence-corrected chi connectivity index (χ4v) is 5.30. The van der Waals surface area contributed by atoms with Crippen molar-refractivity contribution in [1.29, 1.82) is 0 Å². The molecular formula is C21H32N4S2+2. The molecule has 6 heteroatoms. The van der Waals surface area contributed by atoms with Gasteiger partial charge in [0.1, 0.15) is 32.2 Å². The lowest BCUT2D eigenvalue weighted by Crippen LogP contribution is -3.28. The first-order valence-corrected chi connectivity index (χ1v) is 11.2. The van der Waals surface area contributed by atoms with E-state index >= 15 is 0 Å². The maximum atomic E-state index is 5.63. The second-order valence-corrected chi connectivity index (χ2v) is 8.84. The molecule has 1 aromatic carbocycles. The Morgan fingerprint density at radius 3 is 2.52 bits per heavy atom. The molecule has 27 heavy (non-hydrogen) atoms. The van der Waals surface area contributed by atoms with Crippen molar-refractivity contribution >= 4 is 34.4 Å². The van der Waals surface area contributed by atoms with E-state index < -0.39 is 0 Å². The molecule has 2 heterocycles. The van der Waals surface area contributed by atoms with Crippen LogP contribution in [0.2, 0.25) is 0 Å². The van der Waals surface area contributed by atoms with E-state index in [9.17, 15) is 0 Å². The number of thiophene rings is 1. The zero-order valence-electron chi connectivity index (χ0n) is 16.5. The van der Waals surface area contributed by atoms with E-state index in [1.807, 2.05) is 23.5 Å². The Labute approximate surface area is 172 Å². The van der Waals surface area contributed by atoms with Crippen LogP contribution in [0.25, 0.3) is 0 Å². The average molecular weight is 405 g/mol. The van der Waals surface area contributed by atoms with Crippen molar-refractivity contribution in [3.05, 3.63) is 52.2 Å². The molecular weight excluding hydrogens is 372 g/mol. The van der Waals surface area contributed by atoms with Gasteiger partial charge in [0.15, 0.2) is 5.11 Å². The highest BCUT2D eigenvalue weighted by Gasteiger charge is 2.34. The van der Waals surface area contributed by atoms with Crippen molar-refractivity contribution in [2.24, 2.45) is 0 Å². The second-order valence-electron chi connectivity index (χ2n) is 7.46. The Kier molecular flexibility index (Phi) is 7.24. The van der Waals surface area contributed by atoms with Crippen molar-refractivity contribution < 1.29 is 9.80 Å². The van der Waals surface area contributed by atoms with Gasteiger partial charge in [0, 0.05) is 5.69 Å². The van der Waals surface area contributed by atoms with Gasteiger partial charge in [0.05, 0.1) is 17.5 Å². The van der Waals surface area contributed by atoms with Crippen molar-refractivity contribution in [2.75, 3.05) is 38.0 Å². The Morgan fingerprint density at radius 1 is 1.15 bits per heavy atom. The van der Waals surface area contributed by atoms with Gasteiger partial charge in [-0.15, -0.1) is 11.3 Å². The number of quaternary nitrogens is 2. The summed E-state index contributed by atoms with van der Waals surface area (Å²) in [5.41, 5.74) is 2.27. The van der Waals surface area contributed by atoms with Gasteiger partial charge >= 0.3 is 0 Å². The Hall–Kier alpha value is -1.47. The van der Waals surface area contributed by atoms with E-state index in [-0.39, 0.29) is 6.04 Å². The number of anilines is 1. The summed E-state index contributed by atoms with van der Waals surface area (Å²) < 4.78 is 0. The number of hydrogen-bond donors (Lipinski definition) is 4. The number of nitrogens with one attached hydrogen (secondary N) is 4. The van der Waals surface area contributed by atoms with Crippen molar-refractivity contribution in [2.45, 2.75) is 32.9 Å². The summed E-state index contributed by atoms with van der Waals surface area (Å²) in [5, 5.41) is 9.83. The van der Waals surface area contributed by atoms with Crippen LogP contribution < -0.4 is 20.4 Å². The van der Waals surface area contributed by atoms with E-state index in [0.717, 1.165) is 5.69 Å². The summed E-state index contributed by atoms with van der Waals surface area (Å²) in [5.74, 6) is 0. The summed E-state index contributed by atoms with van der Waals surface area (Å²) in [6.45, 7) is 12.8. The quantitative estimate of drug-likeness (QED) is 0.548. The number of para-hydroxylation sites is 1. The molecule has 0 spiro atoms. The number of rotatable bonds is 6. The van der Waals surface area contributed by atoms with E-state index in [1.165, 1.54) is 43.2 Å². The number of likely N-dealkylation sites (N-methyl/N-ethyl adjacent to an activating group) is 1. The van der Waals surface area contributed by atoms with Crippen molar-refractivity contribution in [3.8, 4) is 0 Å². The summed E-state index contributed by atoms with van der Waals surface area (Å²) in [6, 6.07) is 13.4. The number of piperazine rings is 1. The van der Waals surface area contributed by atoms with Gasteiger partial charge < -0.3 is 20.4 Å². The van der Waals surface area contributed by atoms with Crippen molar-refractivity contribution in [3.63, 3.8) is 0 Å². The highest BCUT2D eigenvalue weighted by molar-refractivity contribution is 7.80. The minimum atomic E-state index is 0.269.